The lowest BCUT2D eigenvalue weighted by Crippen LogP contribution is -2.34. The lowest BCUT2D eigenvalue weighted by atomic mass is 9.88. The SMILES string of the molecule is Cc1cc(C)c(C)c(C(N)C(O)CN)c1C. The summed E-state index contributed by atoms with van der Waals surface area (Å²) in [7, 11) is 0. The molecule has 16 heavy (non-hydrogen) atoms. The van der Waals surface area contributed by atoms with Gasteiger partial charge in [0.1, 0.15) is 0 Å². The van der Waals surface area contributed by atoms with E-state index < -0.39 is 12.1 Å². The normalized spacial score (nSPS) is 14.9. The first-order valence-electron chi connectivity index (χ1n) is 5.61. The van der Waals surface area contributed by atoms with Gasteiger partial charge in [-0.05, 0) is 55.5 Å². The van der Waals surface area contributed by atoms with E-state index in [9.17, 15) is 5.11 Å². The summed E-state index contributed by atoms with van der Waals surface area (Å²) in [6, 6.07) is 1.75. The zero-order valence-corrected chi connectivity index (χ0v) is 10.5. The molecule has 0 saturated heterocycles. The van der Waals surface area contributed by atoms with Crippen molar-refractivity contribution >= 4 is 0 Å². The summed E-state index contributed by atoms with van der Waals surface area (Å²) in [4.78, 5) is 0. The van der Waals surface area contributed by atoms with Crippen molar-refractivity contribution in [1.29, 1.82) is 0 Å². The molecule has 3 heteroatoms. The number of aliphatic hydroxyl groups is 1. The third kappa shape index (κ3) is 2.26. The largest absolute Gasteiger partial charge is 0.390 e. The van der Waals surface area contributed by atoms with Crippen LogP contribution in [0.5, 0.6) is 0 Å². The van der Waals surface area contributed by atoms with Gasteiger partial charge in [-0.15, -0.1) is 0 Å². The predicted molar refractivity (Wildman–Crippen MR) is 67.4 cm³/mol. The van der Waals surface area contributed by atoms with Crippen molar-refractivity contribution in [2.45, 2.75) is 39.8 Å². The zero-order valence-electron chi connectivity index (χ0n) is 10.5. The number of aryl methyl sites for hydroxylation is 2. The van der Waals surface area contributed by atoms with Crippen molar-refractivity contribution in [3.8, 4) is 0 Å². The molecule has 1 rings (SSSR count). The summed E-state index contributed by atoms with van der Waals surface area (Å²) in [5.41, 5.74) is 17.3. The van der Waals surface area contributed by atoms with Crippen LogP contribution in [-0.2, 0) is 0 Å². The van der Waals surface area contributed by atoms with E-state index in [-0.39, 0.29) is 6.54 Å². The van der Waals surface area contributed by atoms with Gasteiger partial charge in [-0.25, -0.2) is 0 Å². The molecule has 1 aromatic carbocycles. The second kappa shape index (κ2) is 4.95. The van der Waals surface area contributed by atoms with Crippen LogP contribution in [0.4, 0.5) is 0 Å². The van der Waals surface area contributed by atoms with Crippen LogP contribution in [0.15, 0.2) is 6.07 Å². The first-order chi connectivity index (χ1) is 7.40. The average molecular weight is 222 g/mol. The summed E-state index contributed by atoms with van der Waals surface area (Å²) >= 11 is 0. The second-order valence-electron chi connectivity index (χ2n) is 4.50. The van der Waals surface area contributed by atoms with E-state index in [0.29, 0.717) is 0 Å². The van der Waals surface area contributed by atoms with Crippen molar-refractivity contribution in [2.24, 2.45) is 11.5 Å². The molecule has 3 nitrogen and oxygen atoms in total. The number of hydrogen-bond acceptors (Lipinski definition) is 3. The van der Waals surface area contributed by atoms with Gasteiger partial charge in [0.15, 0.2) is 0 Å². The Morgan fingerprint density at radius 3 is 1.94 bits per heavy atom. The van der Waals surface area contributed by atoms with Crippen molar-refractivity contribution in [3.05, 3.63) is 33.9 Å². The maximum Gasteiger partial charge on any atom is 0.0854 e. The van der Waals surface area contributed by atoms with E-state index in [4.69, 9.17) is 11.5 Å². The molecule has 2 unspecified atom stereocenters. The van der Waals surface area contributed by atoms with Crippen LogP contribution in [0, 0.1) is 27.7 Å². The Morgan fingerprint density at radius 1 is 1.12 bits per heavy atom. The van der Waals surface area contributed by atoms with E-state index in [2.05, 4.69) is 19.9 Å². The monoisotopic (exact) mass is 222 g/mol. The van der Waals surface area contributed by atoms with Gasteiger partial charge < -0.3 is 16.6 Å². The highest BCUT2D eigenvalue weighted by molar-refractivity contribution is 5.46. The molecule has 1 aromatic rings. The first-order valence-corrected chi connectivity index (χ1v) is 5.61. The molecule has 90 valence electrons. The summed E-state index contributed by atoms with van der Waals surface area (Å²) in [5.74, 6) is 0. The van der Waals surface area contributed by atoms with Gasteiger partial charge in [-0.1, -0.05) is 6.07 Å². The van der Waals surface area contributed by atoms with Gasteiger partial charge >= 0.3 is 0 Å². The molecule has 0 aliphatic carbocycles. The third-order valence-electron chi connectivity index (χ3n) is 3.41. The minimum atomic E-state index is -0.682. The third-order valence-corrected chi connectivity index (χ3v) is 3.41. The lowest BCUT2D eigenvalue weighted by molar-refractivity contribution is 0.152. The van der Waals surface area contributed by atoms with E-state index in [1.165, 1.54) is 11.1 Å². The number of benzene rings is 1. The maximum atomic E-state index is 9.76. The Labute approximate surface area is 97.5 Å². The molecule has 0 fully saturated rings. The highest BCUT2D eigenvalue weighted by Gasteiger charge is 2.20. The van der Waals surface area contributed by atoms with E-state index in [1.807, 2.05) is 13.8 Å². The number of nitrogens with two attached hydrogens (primary N) is 2. The molecule has 0 heterocycles. The molecule has 0 spiro atoms. The molecule has 0 amide bonds. The Bertz CT molecular complexity index is 362. The summed E-state index contributed by atoms with van der Waals surface area (Å²) in [5, 5.41) is 9.76. The summed E-state index contributed by atoms with van der Waals surface area (Å²) in [6.07, 6.45) is -0.682. The van der Waals surface area contributed by atoms with Crippen LogP contribution in [0.1, 0.15) is 33.9 Å². The average Bonchev–Trinajstić information content (AvgIpc) is 2.25. The van der Waals surface area contributed by atoms with Gasteiger partial charge in [0.05, 0.1) is 12.1 Å². The molecule has 0 aliphatic heterocycles. The van der Waals surface area contributed by atoms with Crippen LogP contribution in [0.3, 0.4) is 0 Å². The Hall–Kier alpha value is -0.900. The molecular weight excluding hydrogens is 200 g/mol. The molecular formula is C13H22N2O. The van der Waals surface area contributed by atoms with Gasteiger partial charge in [-0.3, -0.25) is 0 Å². The molecule has 0 aliphatic rings. The molecule has 0 radical (unpaired) electrons. The summed E-state index contributed by atoms with van der Waals surface area (Å²) in [6.45, 7) is 8.40. The summed E-state index contributed by atoms with van der Waals surface area (Å²) < 4.78 is 0. The lowest BCUT2D eigenvalue weighted by Gasteiger charge is -2.24. The first kappa shape index (κ1) is 13.2. The van der Waals surface area contributed by atoms with Crippen LogP contribution < -0.4 is 11.5 Å². The van der Waals surface area contributed by atoms with Crippen LogP contribution >= 0.6 is 0 Å². The van der Waals surface area contributed by atoms with Gasteiger partial charge in [0, 0.05) is 6.54 Å². The van der Waals surface area contributed by atoms with E-state index in [0.717, 1.165) is 16.7 Å². The highest BCUT2D eigenvalue weighted by atomic mass is 16.3. The molecule has 5 N–H and O–H groups in total. The van der Waals surface area contributed by atoms with Crippen molar-refractivity contribution in [1.82, 2.24) is 0 Å². The number of aliphatic hydroxyl groups excluding tert-OH is 1. The maximum absolute atomic E-state index is 9.76. The standard InChI is InChI=1S/C13H22N2O/c1-7-5-8(2)10(4)12(9(7)3)13(15)11(16)6-14/h5,11,13,16H,6,14-15H2,1-4H3. The van der Waals surface area contributed by atoms with E-state index >= 15 is 0 Å². The van der Waals surface area contributed by atoms with Crippen molar-refractivity contribution in [3.63, 3.8) is 0 Å². The second-order valence-corrected chi connectivity index (χ2v) is 4.50. The molecule has 0 aromatic heterocycles. The van der Waals surface area contributed by atoms with Gasteiger partial charge in [0.25, 0.3) is 0 Å². The smallest absolute Gasteiger partial charge is 0.0854 e. The molecule has 2 atom stereocenters. The Kier molecular flexibility index (Phi) is 4.08. The topological polar surface area (TPSA) is 72.3 Å². The fraction of sp³-hybridized carbons (Fsp3) is 0.538. The Balaban J connectivity index is 3.31. The number of hydrogen-bond donors (Lipinski definition) is 3. The van der Waals surface area contributed by atoms with Gasteiger partial charge in [-0.2, -0.15) is 0 Å². The minimum Gasteiger partial charge on any atom is -0.390 e. The quantitative estimate of drug-likeness (QED) is 0.720. The van der Waals surface area contributed by atoms with E-state index in [1.54, 1.807) is 0 Å². The highest BCUT2D eigenvalue weighted by Crippen LogP contribution is 2.27. The molecule has 0 saturated carbocycles. The predicted octanol–water partition coefficient (Wildman–Crippen LogP) is 1.24. The fourth-order valence-electron chi connectivity index (χ4n) is 2.09. The van der Waals surface area contributed by atoms with Crippen molar-refractivity contribution in [2.75, 3.05) is 6.54 Å². The van der Waals surface area contributed by atoms with Crippen molar-refractivity contribution < 1.29 is 5.11 Å². The number of rotatable bonds is 3. The minimum absolute atomic E-state index is 0.188. The van der Waals surface area contributed by atoms with Crippen LogP contribution in [0.25, 0.3) is 0 Å². The Morgan fingerprint density at radius 2 is 1.56 bits per heavy atom. The zero-order chi connectivity index (χ0) is 12.5. The molecule has 0 bridgehead atoms. The van der Waals surface area contributed by atoms with Crippen LogP contribution in [0.2, 0.25) is 0 Å². The van der Waals surface area contributed by atoms with Gasteiger partial charge in [0.2, 0.25) is 0 Å². The fourth-order valence-corrected chi connectivity index (χ4v) is 2.09. The van der Waals surface area contributed by atoms with Crippen LogP contribution in [-0.4, -0.2) is 17.8 Å².